The van der Waals surface area contributed by atoms with E-state index in [1.165, 1.54) is 83.5 Å². The second-order valence-corrected chi connectivity index (χ2v) is 19.7. The Bertz CT molecular complexity index is 1210. The first-order valence-electron chi connectivity index (χ1n) is 18.9. The Morgan fingerprint density at radius 1 is 0.633 bits per heavy atom. The Morgan fingerprint density at radius 3 is 1.47 bits per heavy atom. The van der Waals surface area contributed by atoms with E-state index in [1.807, 2.05) is 6.07 Å². The molecular formula is C43H58ClFeNNiP2-. The molecule has 7 rings (SSSR count). The fourth-order valence-electron chi connectivity index (χ4n) is 8.83. The molecule has 271 valence electrons. The zero-order valence-electron chi connectivity index (χ0n) is 29.6. The quantitative estimate of drug-likeness (QED) is 0.133. The minimum Gasteiger partial charge on any atom is 0 e. The van der Waals surface area contributed by atoms with Crippen molar-refractivity contribution in [3.8, 4) is 6.07 Å². The Balaban J connectivity index is 0.000000337. The molecule has 1 nitrogen and oxygen atoms in total. The van der Waals surface area contributed by atoms with Crippen LogP contribution in [0.2, 0.25) is 0 Å². The Labute approximate surface area is 325 Å². The molecule has 49 heavy (non-hydrogen) atoms. The summed E-state index contributed by atoms with van der Waals surface area (Å²) < 4.78 is 0. The molecule has 0 amide bonds. The van der Waals surface area contributed by atoms with E-state index in [1.54, 1.807) is 67.0 Å². The summed E-state index contributed by atoms with van der Waals surface area (Å²) in [6.45, 7) is 2.66. The fraction of sp³-hybridized carbons (Fsp3) is 0.558. The summed E-state index contributed by atoms with van der Waals surface area (Å²) in [5.41, 5.74) is 4.69. The van der Waals surface area contributed by atoms with E-state index in [4.69, 9.17) is 5.26 Å². The Morgan fingerprint density at radius 2 is 1.06 bits per heavy atom. The fourth-order valence-corrected chi connectivity index (χ4v) is 16.9. The summed E-state index contributed by atoms with van der Waals surface area (Å²) in [5.74, 6) is 0.937. The van der Waals surface area contributed by atoms with Gasteiger partial charge in [0, 0.05) is 17.1 Å². The van der Waals surface area contributed by atoms with Crippen molar-refractivity contribution in [3.63, 3.8) is 0 Å². The number of rotatable bonds is 7. The zero-order valence-corrected chi connectivity index (χ0v) is 34.2. The molecule has 0 N–H and O–H groups in total. The van der Waals surface area contributed by atoms with Crippen molar-refractivity contribution < 1.29 is 31.6 Å². The van der Waals surface area contributed by atoms with Crippen molar-refractivity contribution in [1.29, 1.82) is 5.26 Å². The summed E-state index contributed by atoms with van der Waals surface area (Å²) in [5, 5.41) is 11.5. The summed E-state index contributed by atoms with van der Waals surface area (Å²) in [7, 11) is 4.14. The van der Waals surface area contributed by atoms with Crippen LogP contribution in [0.5, 0.6) is 0 Å². The molecule has 3 aromatic carbocycles. The number of halogens is 1. The first-order valence-corrected chi connectivity index (χ1v) is 23.2. The maximum Gasteiger partial charge on any atom is 0 e. The van der Waals surface area contributed by atoms with Gasteiger partial charge in [-0.3, -0.25) is 0 Å². The average Bonchev–Trinajstić information content (AvgIpc) is 3.92. The molecule has 0 radical (unpaired) electrons. The molecule has 3 atom stereocenters. The zero-order chi connectivity index (χ0) is 33.8. The van der Waals surface area contributed by atoms with E-state index >= 15 is 0 Å². The van der Waals surface area contributed by atoms with Crippen molar-refractivity contribution >= 4 is 36.6 Å². The van der Waals surface area contributed by atoms with Crippen molar-refractivity contribution in [2.45, 2.75) is 145 Å². The molecule has 4 fully saturated rings. The molecule has 0 aromatic heterocycles. The number of hydrogen-bond acceptors (Lipinski definition) is 1. The Kier molecular flexibility index (Phi) is 22.1. The smallest absolute Gasteiger partial charge is 0 e. The second-order valence-electron chi connectivity index (χ2n) is 14.1. The summed E-state index contributed by atoms with van der Waals surface area (Å²) in [4.78, 5) is 0. The number of nitrogens with zero attached hydrogens (tertiary/aromatic N) is 1. The normalized spacial score (nSPS) is 21.5. The van der Waals surface area contributed by atoms with Crippen LogP contribution in [0.4, 0.5) is 0 Å². The third kappa shape index (κ3) is 13.7. The first-order chi connectivity index (χ1) is 23.8. The predicted molar refractivity (Wildman–Crippen MR) is 209 cm³/mol. The van der Waals surface area contributed by atoms with Gasteiger partial charge in [0.05, 0.1) is 6.07 Å². The summed E-state index contributed by atoms with van der Waals surface area (Å²) >= 11 is 3.35. The molecule has 0 heterocycles. The standard InChI is InChI=1S/C31H44P2.C7H4N.C5H10.ClH.Fe.Ni/c1-25(32(26-15-6-2-7-16-26)27-17-8-3-9-18-27)30-23-14-24-31(30)33(28-19-10-4-11-20-28)29-21-12-5-13-22-29;8-6-7-4-2-1-3-5-7;1-2-4-5-3-1;;;/h2-3,6-9,15-18,25,28-31H,4-5,10-14,19-24H2,1H3;2-5H;1-5H2;1H;;/q;-1;;;;+1/p-1. The minimum atomic E-state index is -0.299. The molecule has 0 bridgehead atoms. The van der Waals surface area contributed by atoms with Gasteiger partial charge in [-0.2, -0.15) is 35.6 Å². The van der Waals surface area contributed by atoms with Gasteiger partial charge in [0.15, 0.2) is 0 Å². The molecule has 4 aliphatic rings. The van der Waals surface area contributed by atoms with Crippen molar-refractivity contribution in [3.05, 3.63) is 96.6 Å². The van der Waals surface area contributed by atoms with Gasteiger partial charge in [-0.15, -0.1) is 0 Å². The van der Waals surface area contributed by atoms with Crippen molar-refractivity contribution in [2.75, 3.05) is 0 Å². The number of hydrogen-bond donors (Lipinski definition) is 0. The molecule has 0 aliphatic heterocycles. The average molecular weight is 801 g/mol. The van der Waals surface area contributed by atoms with E-state index in [0.717, 1.165) is 28.6 Å². The van der Waals surface area contributed by atoms with E-state index in [2.05, 4.69) is 98.4 Å². The van der Waals surface area contributed by atoms with Crippen molar-refractivity contribution in [2.24, 2.45) is 5.92 Å². The SMILES string of the molecule is C1CCCC1.CC(C1CCCC1P(C1CCCCC1)C1CCCCC1)P(c1ccccc1)c1ccccc1.N#Cc1cc[c-]cc1.[Cl][Ni].[Fe]. The van der Waals surface area contributed by atoms with Gasteiger partial charge < -0.3 is 0 Å². The van der Waals surface area contributed by atoms with Gasteiger partial charge >= 0.3 is 24.8 Å². The largest absolute Gasteiger partial charge is 0 e. The molecular weight excluding hydrogens is 742 g/mol. The first kappa shape index (κ1) is 42.7. The van der Waals surface area contributed by atoms with Crippen LogP contribution in [0.3, 0.4) is 0 Å². The summed E-state index contributed by atoms with van der Waals surface area (Å²) in [6, 6.07) is 34.8. The van der Waals surface area contributed by atoms with Crippen LogP contribution in [0.15, 0.2) is 84.9 Å². The third-order valence-electron chi connectivity index (χ3n) is 11.1. The molecule has 3 aromatic rings. The maximum atomic E-state index is 8.27. The molecule has 0 saturated heterocycles. The van der Waals surface area contributed by atoms with Crippen LogP contribution in [-0.2, 0) is 31.6 Å². The van der Waals surface area contributed by atoms with Gasteiger partial charge in [0.2, 0.25) is 0 Å². The van der Waals surface area contributed by atoms with Crippen LogP contribution in [0.25, 0.3) is 0 Å². The molecule has 0 spiro atoms. The van der Waals surface area contributed by atoms with E-state index in [9.17, 15) is 0 Å². The Hall–Kier alpha value is -0.687. The minimum absolute atomic E-state index is 0. The number of nitriles is 1. The number of benzene rings is 3. The molecule has 6 heteroatoms. The van der Waals surface area contributed by atoms with E-state index in [-0.39, 0.29) is 32.9 Å². The van der Waals surface area contributed by atoms with Gasteiger partial charge in [-0.05, 0) is 85.6 Å². The topological polar surface area (TPSA) is 23.8 Å². The molecule has 3 unspecified atom stereocenters. The van der Waals surface area contributed by atoms with E-state index in [0.29, 0.717) is 5.56 Å². The van der Waals surface area contributed by atoms with E-state index < -0.39 is 0 Å². The molecule has 4 saturated carbocycles. The maximum absolute atomic E-state index is 8.27. The van der Waals surface area contributed by atoms with Crippen LogP contribution in [-0.4, -0.2) is 22.6 Å². The van der Waals surface area contributed by atoms with Gasteiger partial charge in [-0.25, -0.2) is 0 Å². The van der Waals surface area contributed by atoms with Gasteiger partial charge in [0.1, 0.15) is 0 Å². The van der Waals surface area contributed by atoms with Crippen LogP contribution >= 0.6 is 26.0 Å². The molecule has 4 aliphatic carbocycles. The van der Waals surface area contributed by atoms with Gasteiger partial charge in [0.25, 0.3) is 0 Å². The van der Waals surface area contributed by atoms with Crippen LogP contribution in [0, 0.1) is 23.3 Å². The monoisotopic (exact) mass is 799 g/mol. The third-order valence-corrected chi connectivity index (χ3v) is 18.1. The summed E-state index contributed by atoms with van der Waals surface area (Å²) in [6.07, 6.45) is 27.3. The van der Waals surface area contributed by atoms with Crippen molar-refractivity contribution in [1.82, 2.24) is 0 Å². The van der Waals surface area contributed by atoms with Gasteiger partial charge in [-0.1, -0.05) is 158 Å². The van der Waals surface area contributed by atoms with Crippen LogP contribution in [0.1, 0.15) is 128 Å². The second kappa shape index (κ2) is 25.3. The van der Waals surface area contributed by atoms with Crippen LogP contribution < -0.4 is 10.6 Å². The predicted octanol–water partition coefficient (Wildman–Crippen LogP) is 12.8.